The Morgan fingerprint density at radius 1 is 1.36 bits per heavy atom. The Bertz CT molecular complexity index is 839. The van der Waals surface area contributed by atoms with Gasteiger partial charge in [-0.3, -0.25) is 10.2 Å². The number of hydrogen-bond donors (Lipinski definition) is 2. The van der Waals surface area contributed by atoms with Gasteiger partial charge in [-0.05, 0) is 25.5 Å². The van der Waals surface area contributed by atoms with Crippen molar-refractivity contribution in [3.8, 4) is 17.2 Å². The predicted octanol–water partition coefficient (Wildman–Crippen LogP) is 0.904. The fraction of sp³-hybridized carbons (Fsp3) is 0.474. The molecule has 9 heteroatoms. The van der Waals surface area contributed by atoms with Crippen molar-refractivity contribution in [2.75, 3.05) is 20.4 Å². The van der Waals surface area contributed by atoms with Crippen LogP contribution in [0.3, 0.4) is 0 Å². The van der Waals surface area contributed by atoms with Crippen LogP contribution in [0.5, 0.6) is 17.2 Å². The summed E-state index contributed by atoms with van der Waals surface area (Å²) < 4.78 is 18.5. The molecular weight excluding hydrogens is 362 g/mol. The van der Waals surface area contributed by atoms with E-state index in [4.69, 9.17) is 14.2 Å². The van der Waals surface area contributed by atoms with Crippen molar-refractivity contribution in [3.05, 3.63) is 36.4 Å². The summed E-state index contributed by atoms with van der Waals surface area (Å²) in [6.45, 7) is 4.05. The first-order valence-corrected chi connectivity index (χ1v) is 9.42. The molecule has 2 aliphatic heterocycles. The van der Waals surface area contributed by atoms with Crippen molar-refractivity contribution >= 4 is 5.91 Å². The van der Waals surface area contributed by atoms with Crippen LogP contribution in [-0.2, 0) is 17.9 Å². The standard InChI is InChI=1S/C19H25N5O4/c1-3-24-7-6-20-18(24)10-23(2)19(25)15-8-13(21-22-15)11-26-14-4-5-16-17(9-14)28-12-27-16/h4-7,9,13,15,21-22H,3,8,10-12H2,1-2H3. The molecule has 4 rings (SSSR count). The topological polar surface area (TPSA) is 89.9 Å². The lowest BCUT2D eigenvalue weighted by Crippen LogP contribution is -2.44. The van der Waals surface area contributed by atoms with Crippen LogP contribution in [0.25, 0.3) is 0 Å². The van der Waals surface area contributed by atoms with Gasteiger partial charge in [0.15, 0.2) is 11.5 Å². The minimum atomic E-state index is -0.291. The number of fused-ring (bicyclic) bond motifs is 1. The second-order valence-corrected chi connectivity index (χ2v) is 6.92. The maximum absolute atomic E-state index is 12.7. The van der Waals surface area contributed by atoms with Gasteiger partial charge in [-0.2, -0.15) is 0 Å². The smallest absolute Gasteiger partial charge is 0.241 e. The summed E-state index contributed by atoms with van der Waals surface area (Å²) in [5.74, 6) is 3.04. The number of likely N-dealkylation sites (N-methyl/N-ethyl adjacent to an activating group) is 1. The zero-order chi connectivity index (χ0) is 19.5. The van der Waals surface area contributed by atoms with Gasteiger partial charge in [-0.25, -0.2) is 10.4 Å². The Kier molecular flexibility index (Phi) is 5.36. The fourth-order valence-corrected chi connectivity index (χ4v) is 3.39. The van der Waals surface area contributed by atoms with Gasteiger partial charge in [-0.1, -0.05) is 0 Å². The molecule has 2 N–H and O–H groups in total. The number of benzene rings is 1. The molecular formula is C19H25N5O4. The number of nitrogens with zero attached hydrogens (tertiary/aromatic N) is 3. The van der Waals surface area contributed by atoms with Gasteiger partial charge in [0.05, 0.1) is 12.6 Å². The second-order valence-electron chi connectivity index (χ2n) is 6.92. The van der Waals surface area contributed by atoms with Crippen LogP contribution in [-0.4, -0.2) is 52.9 Å². The number of ether oxygens (including phenoxy) is 3. The van der Waals surface area contributed by atoms with Gasteiger partial charge in [0.1, 0.15) is 24.2 Å². The zero-order valence-corrected chi connectivity index (χ0v) is 16.1. The van der Waals surface area contributed by atoms with Crippen LogP contribution in [0.4, 0.5) is 0 Å². The average molecular weight is 387 g/mol. The molecule has 1 amide bonds. The summed E-state index contributed by atoms with van der Waals surface area (Å²) in [7, 11) is 1.80. The number of aromatic nitrogens is 2. The molecule has 1 saturated heterocycles. The van der Waals surface area contributed by atoms with Crippen molar-refractivity contribution in [2.24, 2.45) is 0 Å². The monoisotopic (exact) mass is 387 g/mol. The maximum atomic E-state index is 12.7. The van der Waals surface area contributed by atoms with Crippen molar-refractivity contribution in [2.45, 2.75) is 38.5 Å². The normalized spacial score (nSPS) is 20.4. The number of hydrazine groups is 1. The molecule has 0 saturated carbocycles. The summed E-state index contributed by atoms with van der Waals surface area (Å²) in [4.78, 5) is 18.8. The number of rotatable bonds is 7. The van der Waals surface area contributed by atoms with E-state index in [0.717, 1.165) is 18.1 Å². The average Bonchev–Trinajstić information content (AvgIpc) is 3.45. The highest BCUT2D eigenvalue weighted by Crippen LogP contribution is 2.35. The molecule has 2 unspecified atom stereocenters. The van der Waals surface area contributed by atoms with E-state index in [0.29, 0.717) is 31.1 Å². The van der Waals surface area contributed by atoms with Crippen molar-refractivity contribution in [3.63, 3.8) is 0 Å². The van der Waals surface area contributed by atoms with Gasteiger partial charge in [0.2, 0.25) is 12.7 Å². The maximum Gasteiger partial charge on any atom is 0.241 e. The Labute approximate surface area is 163 Å². The number of nitrogens with one attached hydrogen (secondary N) is 2. The number of imidazole rings is 1. The summed E-state index contributed by atoms with van der Waals surface area (Å²) >= 11 is 0. The van der Waals surface area contributed by atoms with Crippen LogP contribution in [0.2, 0.25) is 0 Å². The second kappa shape index (κ2) is 8.07. The van der Waals surface area contributed by atoms with E-state index in [9.17, 15) is 4.79 Å². The van der Waals surface area contributed by atoms with E-state index in [2.05, 4.69) is 22.8 Å². The predicted molar refractivity (Wildman–Crippen MR) is 101 cm³/mol. The molecule has 0 spiro atoms. The Balaban J connectivity index is 1.27. The van der Waals surface area contributed by atoms with Gasteiger partial charge in [0.25, 0.3) is 0 Å². The third-order valence-electron chi connectivity index (χ3n) is 4.97. The third-order valence-corrected chi connectivity index (χ3v) is 4.97. The molecule has 2 aromatic rings. The Morgan fingerprint density at radius 2 is 2.21 bits per heavy atom. The first kappa shape index (κ1) is 18.6. The quantitative estimate of drug-likeness (QED) is 0.730. The van der Waals surface area contributed by atoms with Crippen molar-refractivity contribution in [1.29, 1.82) is 0 Å². The highest BCUT2D eigenvalue weighted by molar-refractivity contribution is 5.81. The molecule has 2 aliphatic rings. The molecule has 1 fully saturated rings. The van der Waals surface area contributed by atoms with E-state index in [1.165, 1.54) is 0 Å². The number of carbonyl (C=O) groups is 1. The highest BCUT2D eigenvalue weighted by atomic mass is 16.7. The van der Waals surface area contributed by atoms with E-state index in [1.807, 2.05) is 29.0 Å². The van der Waals surface area contributed by atoms with Crippen LogP contribution in [0.1, 0.15) is 19.2 Å². The number of hydrogen-bond acceptors (Lipinski definition) is 7. The molecule has 1 aromatic heterocycles. The molecule has 0 radical (unpaired) electrons. The molecule has 9 nitrogen and oxygen atoms in total. The summed E-state index contributed by atoms with van der Waals surface area (Å²) in [5.41, 5.74) is 6.23. The molecule has 28 heavy (non-hydrogen) atoms. The lowest BCUT2D eigenvalue weighted by atomic mass is 10.1. The molecule has 2 atom stereocenters. The van der Waals surface area contributed by atoms with Crippen LogP contribution >= 0.6 is 0 Å². The van der Waals surface area contributed by atoms with Gasteiger partial charge in [-0.15, -0.1) is 0 Å². The summed E-state index contributed by atoms with van der Waals surface area (Å²) in [5, 5.41) is 0. The van der Waals surface area contributed by atoms with Crippen molar-refractivity contribution < 1.29 is 19.0 Å². The number of aryl methyl sites for hydroxylation is 1. The van der Waals surface area contributed by atoms with Crippen LogP contribution in [0, 0.1) is 0 Å². The third kappa shape index (κ3) is 3.90. The van der Waals surface area contributed by atoms with Crippen LogP contribution in [0.15, 0.2) is 30.6 Å². The molecule has 0 bridgehead atoms. The minimum absolute atomic E-state index is 0.0312. The highest BCUT2D eigenvalue weighted by Gasteiger charge is 2.32. The van der Waals surface area contributed by atoms with Crippen molar-refractivity contribution in [1.82, 2.24) is 25.3 Å². The zero-order valence-electron chi connectivity index (χ0n) is 16.1. The first-order chi connectivity index (χ1) is 13.6. The first-order valence-electron chi connectivity index (χ1n) is 9.42. The molecule has 0 aliphatic carbocycles. The number of carbonyl (C=O) groups excluding carboxylic acids is 1. The van der Waals surface area contributed by atoms with E-state index >= 15 is 0 Å². The van der Waals surface area contributed by atoms with Gasteiger partial charge < -0.3 is 23.7 Å². The SMILES string of the molecule is CCn1ccnc1CN(C)C(=O)C1CC(COc2ccc3c(c2)OCO3)NN1. The lowest BCUT2D eigenvalue weighted by molar-refractivity contribution is -0.132. The molecule has 3 heterocycles. The van der Waals surface area contributed by atoms with E-state index < -0.39 is 0 Å². The van der Waals surface area contributed by atoms with E-state index in [-0.39, 0.29) is 24.8 Å². The van der Waals surface area contributed by atoms with Crippen LogP contribution < -0.4 is 25.1 Å². The minimum Gasteiger partial charge on any atom is -0.492 e. The molecule has 150 valence electrons. The Morgan fingerprint density at radius 3 is 3.07 bits per heavy atom. The molecule has 1 aromatic carbocycles. The number of amides is 1. The lowest BCUT2D eigenvalue weighted by Gasteiger charge is -2.20. The summed E-state index contributed by atoms with van der Waals surface area (Å²) in [6.07, 6.45) is 4.33. The fourth-order valence-electron chi connectivity index (χ4n) is 3.39. The Hall–Kier alpha value is -2.78. The largest absolute Gasteiger partial charge is 0.492 e. The van der Waals surface area contributed by atoms with Gasteiger partial charge in [0, 0.05) is 32.1 Å². The van der Waals surface area contributed by atoms with E-state index in [1.54, 1.807) is 18.1 Å². The summed E-state index contributed by atoms with van der Waals surface area (Å²) in [6, 6.07) is 5.24. The van der Waals surface area contributed by atoms with Gasteiger partial charge >= 0.3 is 0 Å².